The van der Waals surface area contributed by atoms with E-state index in [0.717, 1.165) is 19.3 Å². The molecule has 3 heterocycles. The molecule has 3 heteroatoms. The Balaban J connectivity index is 1.03. The summed E-state index contributed by atoms with van der Waals surface area (Å²) in [5, 5.41) is 8.15. The van der Waals surface area contributed by atoms with Gasteiger partial charge in [-0.15, -0.1) is 11.3 Å². The monoisotopic (exact) mass is 672 g/mol. The smallest absolute Gasteiger partial charge is 0.0540 e. The number of fused-ring (bicyclic) bond motifs is 9. The Labute approximate surface area is 300 Å². The minimum Gasteiger partial charge on any atom is -0.313 e. The third-order valence-corrected chi connectivity index (χ3v) is 12.6. The molecule has 0 radical (unpaired) electrons. The summed E-state index contributed by atoms with van der Waals surface area (Å²) in [6.45, 7) is 0. The lowest BCUT2D eigenvalue weighted by Crippen LogP contribution is -2.31. The molecule has 9 aromatic rings. The van der Waals surface area contributed by atoms with Crippen LogP contribution in [0.5, 0.6) is 0 Å². The Morgan fingerprint density at radius 3 is 2.16 bits per heavy atom. The molecule has 0 amide bonds. The van der Waals surface area contributed by atoms with Gasteiger partial charge in [0.1, 0.15) is 0 Å². The van der Waals surface area contributed by atoms with Gasteiger partial charge < -0.3 is 9.13 Å². The van der Waals surface area contributed by atoms with Gasteiger partial charge in [-0.3, -0.25) is 0 Å². The SMILES string of the molecule is C1=c2c(n(-c3ccc(-c4ccccc4)cc3)c3ccccc23)=CCC1c1ccc2c(c1)c1c(n2-c2ccc3sc4ccccc4c3c2)CCCC1. The van der Waals surface area contributed by atoms with Crippen LogP contribution in [0.25, 0.3) is 76.6 Å². The quantitative estimate of drug-likeness (QED) is 0.176. The molecule has 2 aliphatic carbocycles. The molecule has 51 heavy (non-hydrogen) atoms. The maximum atomic E-state index is 2.59. The van der Waals surface area contributed by atoms with E-state index in [1.807, 2.05) is 11.3 Å². The van der Waals surface area contributed by atoms with Crippen molar-refractivity contribution in [2.24, 2.45) is 0 Å². The predicted octanol–water partition coefficient (Wildman–Crippen LogP) is 11.2. The number of aryl methyl sites for hydroxylation is 1. The van der Waals surface area contributed by atoms with Gasteiger partial charge in [0.15, 0.2) is 0 Å². The molecule has 0 saturated heterocycles. The van der Waals surface area contributed by atoms with Gasteiger partial charge in [-0.2, -0.15) is 0 Å². The van der Waals surface area contributed by atoms with E-state index >= 15 is 0 Å². The standard InChI is InChI=1S/C48H36N2S/c1-2-10-31(11-3-1)32-18-22-35(23-19-32)49-43-15-7-4-12-37(43)40-28-33(20-25-45(40)49)34-21-26-46-41(29-34)38-13-5-8-16-44(38)50(46)36-24-27-48-42(30-36)39-14-6-9-17-47(39)51-48/h1-4,6-7,9-12,14-15,17-19,21-30,33H,5,8,13,16,20H2. The number of thiophene rings is 1. The first-order valence-electron chi connectivity index (χ1n) is 18.3. The first-order valence-corrected chi connectivity index (χ1v) is 19.2. The van der Waals surface area contributed by atoms with Gasteiger partial charge >= 0.3 is 0 Å². The van der Waals surface area contributed by atoms with Crippen molar-refractivity contribution in [3.63, 3.8) is 0 Å². The highest BCUT2D eigenvalue weighted by atomic mass is 32.1. The summed E-state index contributed by atoms with van der Waals surface area (Å²) in [5.41, 5.74) is 12.1. The summed E-state index contributed by atoms with van der Waals surface area (Å²) >= 11 is 1.90. The Bertz CT molecular complexity index is 2940. The fourth-order valence-electron chi connectivity index (χ4n) is 9.05. The van der Waals surface area contributed by atoms with Crippen molar-refractivity contribution in [3.8, 4) is 22.5 Å². The zero-order valence-corrected chi connectivity index (χ0v) is 29.2. The molecule has 0 saturated carbocycles. The van der Waals surface area contributed by atoms with Crippen LogP contribution >= 0.6 is 11.3 Å². The van der Waals surface area contributed by atoms with Crippen LogP contribution in [0.1, 0.15) is 42.0 Å². The summed E-state index contributed by atoms with van der Waals surface area (Å²) in [7, 11) is 0. The Kier molecular flexibility index (Phi) is 6.54. The van der Waals surface area contributed by atoms with Crippen LogP contribution in [0.15, 0.2) is 140 Å². The number of para-hydroxylation sites is 1. The summed E-state index contributed by atoms with van der Waals surface area (Å²) in [6, 6.07) is 51.9. The lowest BCUT2D eigenvalue weighted by atomic mass is 9.89. The van der Waals surface area contributed by atoms with Gasteiger partial charge in [-0.25, -0.2) is 0 Å². The van der Waals surface area contributed by atoms with E-state index in [9.17, 15) is 0 Å². The maximum absolute atomic E-state index is 2.59. The molecule has 0 bridgehead atoms. The van der Waals surface area contributed by atoms with Crippen LogP contribution in [-0.2, 0) is 12.8 Å². The third kappa shape index (κ3) is 4.54. The van der Waals surface area contributed by atoms with Crippen molar-refractivity contribution >= 4 is 65.5 Å². The van der Waals surface area contributed by atoms with E-state index in [1.54, 1.807) is 5.56 Å². The summed E-state index contributed by atoms with van der Waals surface area (Å²) in [5.74, 6) is 0.331. The molecular weight excluding hydrogens is 637 g/mol. The highest BCUT2D eigenvalue weighted by Crippen LogP contribution is 2.40. The topological polar surface area (TPSA) is 9.86 Å². The van der Waals surface area contributed by atoms with Crippen molar-refractivity contribution in [2.45, 2.75) is 38.0 Å². The van der Waals surface area contributed by atoms with Gasteiger partial charge in [-0.1, -0.05) is 97.1 Å². The first kappa shape index (κ1) is 29.1. The van der Waals surface area contributed by atoms with Gasteiger partial charge in [-0.05, 0) is 109 Å². The normalized spacial score (nSPS) is 15.6. The van der Waals surface area contributed by atoms with Crippen molar-refractivity contribution < 1.29 is 0 Å². The summed E-state index contributed by atoms with van der Waals surface area (Å²) in [6.07, 6.45) is 10.8. The molecule has 3 aromatic heterocycles. The largest absolute Gasteiger partial charge is 0.313 e. The zero-order chi connectivity index (χ0) is 33.5. The number of hydrogen-bond acceptors (Lipinski definition) is 1. The molecule has 2 aliphatic rings. The van der Waals surface area contributed by atoms with Crippen LogP contribution in [0.2, 0.25) is 0 Å². The minimum absolute atomic E-state index is 0.331. The molecule has 0 N–H and O–H groups in total. The zero-order valence-electron chi connectivity index (χ0n) is 28.3. The van der Waals surface area contributed by atoms with Crippen LogP contribution in [0.3, 0.4) is 0 Å². The predicted molar refractivity (Wildman–Crippen MR) is 217 cm³/mol. The first-order chi connectivity index (χ1) is 25.3. The van der Waals surface area contributed by atoms with E-state index in [4.69, 9.17) is 0 Å². The number of benzene rings is 6. The van der Waals surface area contributed by atoms with E-state index < -0.39 is 0 Å². The van der Waals surface area contributed by atoms with E-state index in [-0.39, 0.29) is 0 Å². The molecular formula is C48H36N2S. The Morgan fingerprint density at radius 2 is 1.25 bits per heavy atom. The van der Waals surface area contributed by atoms with Crippen LogP contribution in [-0.4, -0.2) is 9.13 Å². The van der Waals surface area contributed by atoms with Crippen LogP contribution < -0.4 is 10.6 Å². The summed E-state index contributed by atoms with van der Waals surface area (Å²) < 4.78 is 7.77. The average molecular weight is 673 g/mol. The lowest BCUT2D eigenvalue weighted by molar-refractivity contribution is 0.667. The van der Waals surface area contributed by atoms with Gasteiger partial charge in [0.2, 0.25) is 0 Å². The average Bonchev–Trinajstić information content (AvgIpc) is 3.85. The molecule has 0 spiro atoms. The van der Waals surface area contributed by atoms with Crippen molar-refractivity contribution in [3.05, 3.63) is 167 Å². The lowest BCUT2D eigenvalue weighted by Gasteiger charge is -2.16. The molecule has 0 aliphatic heterocycles. The number of hydrogen-bond donors (Lipinski definition) is 0. The van der Waals surface area contributed by atoms with E-state index in [0.29, 0.717) is 5.92 Å². The Morgan fingerprint density at radius 1 is 0.529 bits per heavy atom. The molecule has 2 nitrogen and oxygen atoms in total. The fraction of sp³-hybridized carbons (Fsp3) is 0.125. The molecule has 11 rings (SSSR count). The second kappa shape index (κ2) is 11.4. The second-order valence-electron chi connectivity index (χ2n) is 14.3. The highest BCUT2D eigenvalue weighted by molar-refractivity contribution is 7.25. The van der Waals surface area contributed by atoms with Crippen LogP contribution in [0, 0.1) is 0 Å². The highest BCUT2D eigenvalue weighted by Gasteiger charge is 2.24. The molecule has 0 fully saturated rings. The van der Waals surface area contributed by atoms with E-state index in [2.05, 4.69) is 161 Å². The molecule has 1 atom stereocenters. The Hall–Kier alpha value is -5.64. The molecule has 244 valence electrons. The van der Waals surface area contributed by atoms with Crippen molar-refractivity contribution in [2.75, 3.05) is 0 Å². The molecule has 6 aromatic carbocycles. The van der Waals surface area contributed by atoms with E-state index in [1.165, 1.54) is 99.1 Å². The van der Waals surface area contributed by atoms with Gasteiger partial charge in [0, 0.05) is 64.5 Å². The minimum atomic E-state index is 0.331. The number of nitrogens with zero attached hydrogens (tertiary/aromatic N) is 2. The second-order valence-corrected chi connectivity index (χ2v) is 15.4. The van der Waals surface area contributed by atoms with Crippen LogP contribution in [0.4, 0.5) is 0 Å². The van der Waals surface area contributed by atoms with Gasteiger partial charge in [0.25, 0.3) is 0 Å². The molecule has 1 unspecified atom stereocenters. The maximum Gasteiger partial charge on any atom is 0.0540 e. The number of aromatic nitrogens is 2. The number of rotatable bonds is 4. The van der Waals surface area contributed by atoms with Crippen molar-refractivity contribution in [1.29, 1.82) is 0 Å². The third-order valence-electron chi connectivity index (χ3n) is 11.5. The van der Waals surface area contributed by atoms with Crippen molar-refractivity contribution in [1.82, 2.24) is 9.13 Å². The van der Waals surface area contributed by atoms with Gasteiger partial charge in [0.05, 0.1) is 11.0 Å². The summed E-state index contributed by atoms with van der Waals surface area (Å²) in [4.78, 5) is 0. The fourth-order valence-corrected chi connectivity index (χ4v) is 10.1.